The fourth-order valence-corrected chi connectivity index (χ4v) is 4.79. The first-order valence-electron chi connectivity index (χ1n) is 13.7. The topological polar surface area (TPSA) is 109 Å². The average Bonchev–Trinajstić information content (AvgIpc) is 3.52. The van der Waals surface area contributed by atoms with Crippen LogP contribution in [0, 0.1) is 0 Å². The van der Waals surface area contributed by atoms with E-state index in [-0.39, 0.29) is 18.2 Å². The van der Waals surface area contributed by atoms with Gasteiger partial charge in [-0.15, -0.1) is 0 Å². The zero-order chi connectivity index (χ0) is 29.6. The van der Waals surface area contributed by atoms with Crippen molar-refractivity contribution >= 4 is 34.2 Å². The second-order valence-electron chi connectivity index (χ2n) is 9.31. The van der Waals surface area contributed by atoms with E-state index in [4.69, 9.17) is 28.2 Å². The first-order valence-corrected chi connectivity index (χ1v) is 13.7. The normalized spacial score (nSPS) is 13.4. The van der Waals surface area contributed by atoms with Gasteiger partial charge in [-0.1, -0.05) is 5.16 Å². The van der Waals surface area contributed by atoms with Gasteiger partial charge >= 0.3 is 5.97 Å². The van der Waals surface area contributed by atoms with Gasteiger partial charge in [-0.3, -0.25) is 4.79 Å². The molecule has 3 aromatic carbocycles. The lowest BCUT2D eigenvalue weighted by atomic mass is 10.1. The van der Waals surface area contributed by atoms with Gasteiger partial charge in [0, 0.05) is 23.1 Å². The molecule has 0 radical (unpaired) electrons. The minimum atomic E-state index is -0.480. The number of esters is 1. The maximum absolute atomic E-state index is 13.2. The second kappa shape index (κ2) is 12.7. The lowest BCUT2D eigenvalue weighted by Crippen LogP contribution is -2.31. The number of furan rings is 1. The second-order valence-corrected chi connectivity index (χ2v) is 9.31. The van der Waals surface area contributed by atoms with Gasteiger partial charge in [0.25, 0.3) is 5.91 Å². The fraction of sp³-hybridized carbons (Fsp3) is 0.281. The van der Waals surface area contributed by atoms with Gasteiger partial charge in [0.15, 0.2) is 5.71 Å². The molecule has 1 aliphatic heterocycles. The van der Waals surface area contributed by atoms with Gasteiger partial charge in [-0.05, 0) is 80.9 Å². The van der Waals surface area contributed by atoms with Crippen LogP contribution in [0.5, 0.6) is 17.2 Å². The number of benzene rings is 3. The SMILES string of the molecule is CCO/N=C1/C(=O)N(CCCOc2ccc3oc(-c4ccc(OC)cc4)c(C(=O)OCC)c3c2)c2ccc(OC)cc21. The molecule has 4 aromatic rings. The van der Waals surface area contributed by atoms with Crippen molar-refractivity contribution in [3.05, 3.63) is 71.8 Å². The van der Waals surface area contributed by atoms with Crippen LogP contribution >= 0.6 is 0 Å². The highest BCUT2D eigenvalue weighted by Crippen LogP contribution is 2.37. The maximum Gasteiger partial charge on any atom is 0.342 e. The van der Waals surface area contributed by atoms with Crippen molar-refractivity contribution in [3.8, 4) is 28.6 Å². The van der Waals surface area contributed by atoms with Gasteiger partial charge in [0.1, 0.15) is 40.8 Å². The number of oxime groups is 1. The van der Waals surface area contributed by atoms with Gasteiger partial charge in [0.2, 0.25) is 0 Å². The van der Waals surface area contributed by atoms with Crippen LogP contribution in [0.2, 0.25) is 0 Å². The van der Waals surface area contributed by atoms with E-state index in [1.54, 1.807) is 68.5 Å². The van der Waals surface area contributed by atoms with Crippen molar-refractivity contribution in [2.24, 2.45) is 5.16 Å². The summed E-state index contributed by atoms with van der Waals surface area (Å²) in [4.78, 5) is 33.0. The summed E-state index contributed by atoms with van der Waals surface area (Å²) in [6.07, 6.45) is 0.546. The molecule has 0 unspecified atom stereocenters. The number of hydrogen-bond donors (Lipinski definition) is 0. The average molecular weight is 573 g/mol. The highest BCUT2D eigenvalue weighted by molar-refractivity contribution is 6.54. The van der Waals surface area contributed by atoms with E-state index < -0.39 is 5.97 Å². The molecule has 1 aromatic heterocycles. The minimum Gasteiger partial charge on any atom is -0.497 e. The van der Waals surface area contributed by atoms with Crippen LogP contribution in [0.3, 0.4) is 0 Å². The van der Waals surface area contributed by atoms with E-state index in [1.165, 1.54) is 0 Å². The van der Waals surface area contributed by atoms with Gasteiger partial charge in [-0.25, -0.2) is 4.79 Å². The van der Waals surface area contributed by atoms with Crippen molar-refractivity contribution < 1.29 is 37.8 Å². The predicted molar refractivity (Wildman–Crippen MR) is 158 cm³/mol. The Hall–Kier alpha value is -4.99. The van der Waals surface area contributed by atoms with Crippen LogP contribution in [0.15, 0.2) is 70.2 Å². The Morgan fingerprint density at radius 1 is 0.905 bits per heavy atom. The first-order chi connectivity index (χ1) is 20.5. The van der Waals surface area contributed by atoms with Crippen LogP contribution in [0.4, 0.5) is 5.69 Å². The van der Waals surface area contributed by atoms with E-state index in [9.17, 15) is 9.59 Å². The number of anilines is 1. The monoisotopic (exact) mass is 572 g/mol. The third-order valence-corrected chi connectivity index (χ3v) is 6.77. The fourth-order valence-electron chi connectivity index (χ4n) is 4.79. The van der Waals surface area contributed by atoms with Crippen molar-refractivity contribution in [2.45, 2.75) is 20.3 Å². The standard InChI is InChI=1S/C32H32N2O8/c1-5-39-32(36)28-25-19-23(13-15-27(25)42-30(28)20-8-10-21(37-3)11-9-20)40-17-7-16-34-26-14-12-22(38-4)18-24(26)29(31(34)35)33-41-6-2/h8-15,18-19H,5-7,16-17H2,1-4H3/b33-29+. The number of methoxy groups -OCH3 is 2. The van der Waals surface area contributed by atoms with Crippen molar-refractivity contribution in [2.75, 3.05) is 45.5 Å². The van der Waals surface area contributed by atoms with E-state index in [2.05, 4.69) is 5.16 Å². The molecule has 0 N–H and O–H groups in total. The Labute approximate surface area is 243 Å². The molecule has 0 fully saturated rings. The summed E-state index contributed by atoms with van der Waals surface area (Å²) in [6, 6.07) is 18.0. The van der Waals surface area contributed by atoms with E-state index in [0.29, 0.717) is 71.3 Å². The molecule has 0 spiro atoms. The summed E-state index contributed by atoms with van der Waals surface area (Å²) in [5, 5.41) is 4.64. The number of ether oxygens (including phenoxy) is 4. The Bertz CT molecular complexity index is 1620. The molecular weight excluding hydrogens is 540 g/mol. The zero-order valence-electron chi connectivity index (χ0n) is 24.0. The summed E-state index contributed by atoms with van der Waals surface area (Å²) in [5.74, 6) is 1.58. The Balaban J connectivity index is 1.33. The van der Waals surface area contributed by atoms with Crippen LogP contribution in [0.25, 0.3) is 22.3 Å². The van der Waals surface area contributed by atoms with Gasteiger partial charge < -0.3 is 33.1 Å². The summed E-state index contributed by atoms with van der Waals surface area (Å²) in [7, 11) is 3.17. The smallest absolute Gasteiger partial charge is 0.342 e. The Morgan fingerprint density at radius 2 is 1.64 bits per heavy atom. The van der Waals surface area contributed by atoms with Crippen LogP contribution in [-0.2, 0) is 14.4 Å². The molecule has 0 saturated carbocycles. The summed E-state index contributed by atoms with van der Waals surface area (Å²) in [5.41, 5.74) is 3.24. The van der Waals surface area contributed by atoms with Crippen LogP contribution in [-0.4, -0.2) is 58.2 Å². The molecule has 42 heavy (non-hydrogen) atoms. The molecule has 0 atom stereocenters. The predicted octanol–water partition coefficient (Wildman–Crippen LogP) is 5.85. The number of fused-ring (bicyclic) bond motifs is 2. The zero-order valence-corrected chi connectivity index (χ0v) is 24.0. The molecule has 218 valence electrons. The molecule has 1 aliphatic rings. The molecule has 1 amide bonds. The third kappa shape index (κ3) is 5.60. The van der Waals surface area contributed by atoms with Crippen molar-refractivity contribution in [3.63, 3.8) is 0 Å². The van der Waals surface area contributed by atoms with Crippen LogP contribution in [0.1, 0.15) is 36.2 Å². The Kier molecular flexibility index (Phi) is 8.61. The summed E-state index contributed by atoms with van der Waals surface area (Å²) in [6.45, 7) is 4.88. The number of rotatable bonds is 12. The maximum atomic E-state index is 13.2. The lowest BCUT2D eigenvalue weighted by molar-refractivity contribution is -0.112. The number of carbonyl (C=O) groups excluding carboxylic acids is 2. The number of carbonyl (C=O) groups is 2. The van der Waals surface area contributed by atoms with E-state index in [0.717, 1.165) is 11.3 Å². The van der Waals surface area contributed by atoms with Crippen LogP contribution < -0.4 is 19.1 Å². The van der Waals surface area contributed by atoms with E-state index >= 15 is 0 Å². The molecule has 0 aliphatic carbocycles. The lowest BCUT2D eigenvalue weighted by Gasteiger charge is -2.17. The molecule has 10 nitrogen and oxygen atoms in total. The largest absolute Gasteiger partial charge is 0.497 e. The molecule has 0 saturated heterocycles. The quantitative estimate of drug-likeness (QED) is 0.118. The Morgan fingerprint density at radius 3 is 2.36 bits per heavy atom. The summed E-state index contributed by atoms with van der Waals surface area (Å²) < 4.78 is 28.1. The summed E-state index contributed by atoms with van der Waals surface area (Å²) >= 11 is 0. The van der Waals surface area contributed by atoms with E-state index in [1.807, 2.05) is 25.1 Å². The minimum absolute atomic E-state index is 0.228. The highest BCUT2D eigenvalue weighted by Gasteiger charge is 2.35. The molecular formula is C32H32N2O8. The highest BCUT2D eigenvalue weighted by atomic mass is 16.6. The number of amides is 1. The third-order valence-electron chi connectivity index (χ3n) is 6.77. The molecule has 5 rings (SSSR count). The molecule has 10 heteroatoms. The molecule has 0 bridgehead atoms. The molecule has 2 heterocycles. The number of nitrogens with zero attached hydrogens (tertiary/aromatic N) is 2. The van der Waals surface area contributed by atoms with Gasteiger partial charge in [-0.2, -0.15) is 0 Å². The number of hydrogen-bond acceptors (Lipinski definition) is 9. The van der Waals surface area contributed by atoms with Gasteiger partial charge in [0.05, 0.1) is 33.1 Å². The van der Waals surface area contributed by atoms with Crippen molar-refractivity contribution in [1.29, 1.82) is 0 Å². The first kappa shape index (κ1) is 28.5. The van der Waals surface area contributed by atoms with Crippen molar-refractivity contribution in [1.82, 2.24) is 0 Å².